The number of carbonyl (C=O) groups excluding carboxylic acids is 3. The Labute approximate surface area is 163 Å². The van der Waals surface area contributed by atoms with Gasteiger partial charge in [0, 0.05) is 5.02 Å². The highest BCUT2D eigenvalue weighted by Crippen LogP contribution is 2.33. The van der Waals surface area contributed by atoms with Crippen molar-refractivity contribution in [3.8, 4) is 11.5 Å². The third-order valence-electron chi connectivity index (χ3n) is 3.01. The lowest BCUT2D eigenvalue weighted by molar-refractivity contribution is -0.137. The van der Waals surface area contributed by atoms with E-state index >= 15 is 0 Å². The van der Waals surface area contributed by atoms with Gasteiger partial charge >= 0.3 is 5.97 Å². The van der Waals surface area contributed by atoms with Gasteiger partial charge in [-0.25, -0.2) is 0 Å². The largest absolute Gasteiger partial charge is 0.468 e. The second-order valence-electron chi connectivity index (χ2n) is 4.78. The number of benzene rings is 2. The van der Waals surface area contributed by atoms with Gasteiger partial charge in [0.1, 0.15) is 17.3 Å². The van der Waals surface area contributed by atoms with Crippen LogP contribution in [0.5, 0.6) is 11.5 Å². The van der Waals surface area contributed by atoms with Crippen LogP contribution in [-0.2, 0) is 9.53 Å². The number of hydrogen-bond acceptors (Lipinski definition) is 6. The number of nitrogens with one attached hydrogen (secondary N) is 1. The molecule has 2 aromatic rings. The summed E-state index contributed by atoms with van der Waals surface area (Å²) in [6.45, 7) is 0. The highest BCUT2D eigenvalue weighted by molar-refractivity contribution is 8.14. The molecule has 0 aliphatic heterocycles. The molecule has 0 bridgehead atoms. The highest BCUT2D eigenvalue weighted by Gasteiger charge is 2.17. The molecular weight excluding hydrogens is 401 g/mol. The Morgan fingerprint density at radius 3 is 2.50 bits per heavy atom. The van der Waals surface area contributed by atoms with Gasteiger partial charge in [-0.05, 0) is 30.3 Å². The summed E-state index contributed by atoms with van der Waals surface area (Å²) in [6.07, 6.45) is 0. The Kier molecular flexibility index (Phi) is 7.32. The van der Waals surface area contributed by atoms with E-state index in [2.05, 4.69) is 10.1 Å². The first-order valence-corrected chi connectivity index (χ1v) is 8.91. The van der Waals surface area contributed by atoms with Gasteiger partial charge in [0.2, 0.25) is 0 Å². The van der Waals surface area contributed by atoms with Crippen LogP contribution < -0.4 is 10.1 Å². The highest BCUT2D eigenvalue weighted by atomic mass is 35.5. The predicted molar refractivity (Wildman–Crippen MR) is 100 cm³/mol. The predicted octanol–water partition coefficient (Wildman–Crippen LogP) is 4.54. The number of esters is 1. The number of methoxy groups -OCH3 is 1. The zero-order chi connectivity index (χ0) is 19.1. The topological polar surface area (TPSA) is 81.7 Å². The van der Waals surface area contributed by atoms with Gasteiger partial charge in [-0.15, -0.1) is 0 Å². The molecule has 0 spiro atoms. The van der Waals surface area contributed by atoms with Crippen molar-refractivity contribution < 1.29 is 23.9 Å². The fourth-order valence-electron chi connectivity index (χ4n) is 1.80. The van der Waals surface area contributed by atoms with Crippen LogP contribution in [0.1, 0.15) is 10.4 Å². The molecule has 0 aliphatic rings. The van der Waals surface area contributed by atoms with Crippen molar-refractivity contribution in [2.45, 2.75) is 0 Å². The van der Waals surface area contributed by atoms with Crippen molar-refractivity contribution in [1.29, 1.82) is 0 Å². The lowest BCUT2D eigenvalue weighted by atomic mass is 10.2. The normalized spacial score (nSPS) is 10.1. The minimum Gasteiger partial charge on any atom is -0.468 e. The van der Waals surface area contributed by atoms with E-state index < -0.39 is 17.1 Å². The lowest BCUT2D eigenvalue weighted by Gasteiger charge is -2.12. The van der Waals surface area contributed by atoms with Gasteiger partial charge in [0.25, 0.3) is 11.1 Å². The zero-order valence-electron chi connectivity index (χ0n) is 13.5. The third kappa shape index (κ3) is 5.66. The molecule has 0 unspecified atom stereocenters. The van der Waals surface area contributed by atoms with E-state index in [0.717, 1.165) is 0 Å². The van der Waals surface area contributed by atoms with Crippen LogP contribution in [0.2, 0.25) is 10.0 Å². The van der Waals surface area contributed by atoms with Crippen LogP contribution in [0, 0.1) is 0 Å². The second kappa shape index (κ2) is 9.47. The van der Waals surface area contributed by atoms with Crippen molar-refractivity contribution in [3.05, 3.63) is 58.1 Å². The Balaban J connectivity index is 2.11. The maximum absolute atomic E-state index is 12.3. The molecule has 0 heterocycles. The summed E-state index contributed by atoms with van der Waals surface area (Å²) in [4.78, 5) is 35.1. The minimum atomic E-state index is -0.681. The van der Waals surface area contributed by atoms with Gasteiger partial charge in [-0.2, -0.15) is 0 Å². The van der Waals surface area contributed by atoms with Crippen molar-refractivity contribution in [2.75, 3.05) is 12.9 Å². The first-order valence-electron chi connectivity index (χ1n) is 7.17. The number of hydrogen-bond donors (Lipinski definition) is 1. The molecule has 2 aromatic carbocycles. The summed E-state index contributed by atoms with van der Waals surface area (Å²) in [5.74, 6) is -0.928. The molecule has 1 N–H and O–H groups in total. The van der Waals surface area contributed by atoms with E-state index in [9.17, 15) is 14.4 Å². The number of amides is 2. The summed E-state index contributed by atoms with van der Waals surface area (Å²) in [5.41, 5.74) is 0.130. The van der Waals surface area contributed by atoms with E-state index in [1.54, 1.807) is 30.3 Å². The smallest absolute Gasteiger partial charge is 0.316 e. The SMILES string of the molecule is COC(=O)CSC(=O)NC(=O)c1ccccc1Oc1ccc(Cl)cc1Cl. The molecule has 0 atom stereocenters. The van der Waals surface area contributed by atoms with Crippen LogP contribution in [0.4, 0.5) is 4.79 Å². The van der Waals surface area contributed by atoms with Gasteiger partial charge in [0.15, 0.2) is 0 Å². The van der Waals surface area contributed by atoms with Crippen LogP contribution in [0.25, 0.3) is 0 Å². The number of halogens is 2. The fourth-order valence-corrected chi connectivity index (χ4v) is 2.78. The molecule has 26 heavy (non-hydrogen) atoms. The zero-order valence-corrected chi connectivity index (χ0v) is 15.8. The van der Waals surface area contributed by atoms with Gasteiger partial charge in [-0.3, -0.25) is 19.7 Å². The number of para-hydroxylation sites is 1. The molecule has 136 valence electrons. The summed E-state index contributed by atoms with van der Waals surface area (Å²) in [7, 11) is 1.21. The second-order valence-corrected chi connectivity index (χ2v) is 6.57. The molecule has 0 fully saturated rings. The van der Waals surface area contributed by atoms with Crippen LogP contribution in [0.3, 0.4) is 0 Å². The number of carbonyl (C=O) groups is 3. The van der Waals surface area contributed by atoms with Gasteiger partial charge in [0.05, 0.1) is 17.7 Å². The third-order valence-corrected chi connectivity index (χ3v) is 4.28. The summed E-state index contributed by atoms with van der Waals surface area (Å²) >= 11 is 12.5. The Hall–Kier alpha value is -2.22. The average Bonchev–Trinajstić information content (AvgIpc) is 2.62. The minimum absolute atomic E-state index is 0.130. The number of imide groups is 1. The maximum atomic E-state index is 12.3. The van der Waals surface area contributed by atoms with Crippen LogP contribution >= 0.6 is 35.0 Å². The van der Waals surface area contributed by atoms with E-state index in [1.807, 2.05) is 0 Å². The molecule has 0 saturated heterocycles. The quantitative estimate of drug-likeness (QED) is 0.724. The van der Waals surface area contributed by atoms with Gasteiger partial charge < -0.3 is 9.47 Å². The van der Waals surface area contributed by atoms with E-state index in [1.165, 1.54) is 19.2 Å². The van der Waals surface area contributed by atoms with Crippen LogP contribution in [-0.4, -0.2) is 30.0 Å². The molecule has 6 nitrogen and oxygen atoms in total. The fraction of sp³-hybridized carbons (Fsp3) is 0.118. The Bertz CT molecular complexity index is 844. The molecule has 0 radical (unpaired) electrons. The first-order chi connectivity index (χ1) is 12.4. The molecule has 0 saturated carbocycles. The average molecular weight is 414 g/mol. The monoisotopic (exact) mass is 413 g/mol. The molecule has 2 rings (SSSR count). The van der Waals surface area contributed by atoms with E-state index in [0.29, 0.717) is 22.5 Å². The first kappa shape index (κ1) is 20.1. The lowest BCUT2D eigenvalue weighted by Crippen LogP contribution is -2.28. The van der Waals surface area contributed by atoms with Gasteiger partial charge in [-0.1, -0.05) is 47.1 Å². The molecular formula is C17H13Cl2NO5S. The van der Waals surface area contributed by atoms with Crippen molar-refractivity contribution in [3.63, 3.8) is 0 Å². The summed E-state index contributed by atoms with van der Waals surface area (Å²) in [5, 5.41) is 2.21. The maximum Gasteiger partial charge on any atom is 0.316 e. The summed E-state index contributed by atoms with van der Waals surface area (Å²) in [6, 6.07) is 11.0. The van der Waals surface area contributed by atoms with Crippen molar-refractivity contribution >= 4 is 52.1 Å². The van der Waals surface area contributed by atoms with Crippen LogP contribution in [0.15, 0.2) is 42.5 Å². The number of rotatable bonds is 5. The van der Waals surface area contributed by atoms with Crippen molar-refractivity contribution in [1.82, 2.24) is 5.32 Å². The molecule has 0 aliphatic carbocycles. The summed E-state index contributed by atoms with van der Waals surface area (Å²) < 4.78 is 10.1. The Morgan fingerprint density at radius 2 is 1.81 bits per heavy atom. The van der Waals surface area contributed by atoms with E-state index in [-0.39, 0.29) is 22.1 Å². The number of thioether (sulfide) groups is 1. The van der Waals surface area contributed by atoms with Crippen molar-refractivity contribution in [2.24, 2.45) is 0 Å². The number of ether oxygens (including phenoxy) is 2. The standard InChI is InChI=1S/C17H13Cl2NO5S/c1-24-15(21)9-26-17(23)20-16(22)11-4-2-3-5-13(11)25-14-7-6-10(18)8-12(14)19/h2-8H,9H2,1H3,(H,20,22,23). The Morgan fingerprint density at radius 1 is 1.08 bits per heavy atom. The molecule has 9 heteroatoms. The molecule has 0 aromatic heterocycles. The van der Waals surface area contributed by atoms with E-state index in [4.69, 9.17) is 27.9 Å². The molecule has 2 amide bonds.